The first-order chi connectivity index (χ1) is 15.5. The fraction of sp³-hybridized carbons (Fsp3) is 0.364. The summed E-state index contributed by atoms with van der Waals surface area (Å²) in [5.41, 5.74) is 2.14. The number of nitrogens with zero attached hydrogens (tertiary/aromatic N) is 4. The Hall–Kier alpha value is -3.17. The average molecular weight is 457 g/mol. The number of benzene rings is 1. The van der Waals surface area contributed by atoms with Gasteiger partial charge in [0, 0.05) is 55.9 Å². The second-order valence-electron chi connectivity index (χ2n) is 7.57. The smallest absolute Gasteiger partial charge is 0.261 e. The second-order valence-corrected chi connectivity index (χ2v) is 8.01. The van der Waals surface area contributed by atoms with Crippen LogP contribution < -0.4 is 10.6 Å². The highest BCUT2D eigenvalue weighted by Crippen LogP contribution is 2.29. The molecule has 1 unspecified atom stereocenters. The third kappa shape index (κ3) is 4.53. The number of fused-ring (bicyclic) bond motifs is 1. The summed E-state index contributed by atoms with van der Waals surface area (Å²) < 4.78 is 6.74. The fourth-order valence-corrected chi connectivity index (χ4v) is 3.89. The molecule has 0 spiro atoms. The predicted molar refractivity (Wildman–Crippen MR) is 122 cm³/mol. The molecule has 4 rings (SSSR count). The van der Waals surface area contributed by atoms with Crippen LogP contribution in [0, 0.1) is 0 Å². The molecule has 1 saturated heterocycles. The number of nitrogens with one attached hydrogen (secondary N) is 2. The lowest BCUT2D eigenvalue weighted by molar-refractivity contribution is -0.127. The van der Waals surface area contributed by atoms with E-state index in [9.17, 15) is 9.59 Å². The zero-order valence-corrected chi connectivity index (χ0v) is 18.7. The molecular formula is C22H25ClN6O3. The van der Waals surface area contributed by atoms with Crippen molar-refractivity contribution in [3.05, 3.63) is 52.8 Å². The number of ether oxygens (including phenoxy) is 1. The molecule has 10 heteroatoms. The van der Waals surface area contributed by atoms with Gasteiger partial charge in [0.15, 0.2) is 5.65 Å². The fourth-order valence-electron chi connectivity index (χ4n) is 3.77. The van der Waals surface area contributed by atoms with E-state index in [1.807, 2.05) is 17.9 Å². The van der Waals surface area contributed by atoms with Crippen molar-refractivity contribution in [2.24, 2.45) is 0 Å². The Morgan fingerprint density at radius 3 is 2.78 bits per heavy atom. The molecule has 32 heavy (non-hydrogen) atoms. The molecular weight excluding hydrogens is 432 g/mol. The summed E-state index contributed by atoms with van der Waals surface area (Å²) in [6.45, 7) is 4.31. The van der Waals surface area contributed by atoms with Gasteiger partial charge in [-0.3, -0.25) is 9.59 Å². The lowest BCUT2D eigenvalue weighted by Gasteiger charge is -2.15. The maximum atomic E-state index is 13.0. The van der Waals surface area contributed by atoms with Crippen molar-refractivity contribution in [1.29, 1.82) is 0 Å². The highest BCUT2D eigenvalue weighted by Gasteiger charge is 2.31. The molecule has 0 bridgehead atoms. The van der Waals surface area contributed by atoms with E-state index in [0.29, 0.717) is 60.4 Å². The minimum atomic E-state index is -0.326. The topological polar surface area (TPSA) is 101 Å². The summed E-state index contributed by atoms with van der Waals surface area (Å²) in [5, 5.41) is 11.1. The summed E-state index contributed by atoms with van der Waals surface area (Å²) >= 11 is 5.93. The van der Waals surface area contributed by atoms with Crippen LogP contribution in [0.1, 0.15) is 35.3 Å². The standard InChI is InChI=1S/C22H25ClN6O3/c1-3-28-13-14(10-20(28)30)18-11-19(24-8-9-32-2)29-21(27-18)17(12-25-29)22(31)26-16-6-4-15(23)5-7-16/h4-7,11-12,14,24H,3,8-10,13H2,1-2H3,(H,26,31). The summed E-state index contributed by atoms with van der Waals surface area (Å²) in [6.07, 6.45) is 1.89. The molecule has 3 aromatic rings. The number of methoxy groups -OCH3 is 1. The lowest BCUT2D eigenvalue weighted by atomic mass is 10.0. The number of carbonyl (C=O) groups excluding carboxylic acids is 2. The van der Waals surface area contributed by atoms with Crippen LogP contribution in [0.25, 0.3) is 5.65 Å². The zero-order valence-electron chi connectivity index (χ0n) is 18.0. The number of likely N-dealkylation sites (N-methyl/N-ethyl adjacent to an activating group) is 1. The van der Waals surface area contributed by atoms with Crippen LogP contribution in [-0.2, 0) is 9.53 Å². The third-order valence-corrected chi connectivity index (χ3v) is 5.72. The number of anilines is 2. The Balaban J connectivity index is 1.69. The van der Waals surface area contributed by atoms with Crippen LogP contribution in [0.15, 0.2) is 36.5 Å². The van der Waals surface area contributed by atoms with E-state index >= 15 is 0 Å². The molecule has 0 radical (unpaired) electrons. The first-order valence-electron chi connectivity index (χ1n) is 10.5. The monoisotopic (exact) mass is 456 g/mol. The largest absolute Gasteiger partial charge is 0.383 e. The maximum Gasteiger partial charge on any atom is 0.261 e. The number of halogens is 1. The molecule has 168 valence electrons. The van der Waals surface area contributed by atoms with E-state index in [0.717, 1.165) is 5.69 Å². The van der Waals surface area contributed by atoms with Crippen molar-refractivity contribution in [2.45, 2.75) is 19.3 Å². The first-order valence-corrected chi connectivity index (χ1v) is 10.8. The molecule has 9 nitrogen and oxygen atoms in total. The Morgan fingerprint density at radius 1 is 1.31 bits per heavy atom. The van der Waals surface area contributed by atoms with Crippen molar-refractivity contribution in [1.82, 2.24) is 19.5 Å². The molecule has 0 aliphatic carbocycles. The van der Waals surface area contributed by atoms with Gasteiger partial charge >= 0.3 is 0 Å². The van der Waals surface area contributed by atoms with Gasteiger partial charge in [-0.15, -0.1) is 0 Å². The van der Waals surface area contributed by atoms with E-state index in [1.54, 1.807) is 35.9 Å². The average Bonchev–Trinajstić information content (AvgIpc) is 3.38. The summed E-state index contributed by atoms with van der Waals surface area (Å²) in [5.74, 6) is 0.433. The summed E-state index contributed by atoms with van der Waals surface area (Å²) in [4.78, 5) is 31.8. The normalized spacial score (nSPS) is 16.0. The van der Waals surface area contributed by atoms with Crippen molar-refractivity contribution in [2.75, 3.05) is 44.0 Å². The minimum Gasteiger partial charge on any atom is -0.383 e. The second kappa shape index (κ2) is 9.54. The molecule has 0 saturated carbocycles. The van der Waals surface area contributed by atoms with Gasteiger partial charge in [0.25, 0.3) is 5.91 Å². The molecule has 1 aliphatic rings. The van der Waals surface area contributed by atoms with Gasteiger partial charge in [-0.2, -0.15) is 9.61 Å². The van der Waals surface area contributed by atoms with Crippen LogP contribution in [0.5, 0.6) is 0 Å². The molecule has 1 aliphatic heterocycles. The van der Waals surface area contributed by atoms with Crippen LogP contribution in [-0.4, -0.2) is 64.7 Å². The van der Waals surface area contributed by atoms with E-state index in [-0.39, 0.29) is 17.7 Å². The summed E-state index contributed by atoms with van der Waals surface area (Å²) in [7, 11) is 1.63. The predicted octanol–water partition coefficient (Wildman–Crippen LogP) is 3.03. The third-order valence-electron chi connectivity index (χ3n) is 5.47. The SMILES string of the molecule is CCN1CC(c2cc(NCCOC)n3ncc(C(=O)Nc4ccc(Cl)cc4)c3n2)CC1=O. The molecule has 3 heterocycles. The highest BCUT2D eigenvalue weighted by atomic mass is 35.5. The van der Waals surface area contributed by atoms with E-state index in [4.69, 9.17) is 21.3 Å². The number of aromatic nitrogens is 3. The van der Waals surface area contributed by atoms with Crippen molar-refractivity contribution >= 4 is 40.6 Å². The van der Waals surface area contributed by atoms with Gasteiger partial charge < -0.3 is 20.3 Å². The number of rotatable bonds is 8. The number of hydrogen-bond acceptors (Lipinski definition) is 6. The van der Waals surface area contributed by atoms with Gasteiger partial charge in [0.1, 0.15) is 11.4 Å². The maximum absolute atomic E-state index is 13.0. The Labute approximate surface area is 190 Å². The van der Waals surface area contributed by atoms with Gasteiger partial charge in [-0.1, -0.05) is 11.6 Å². The minimum absolute atomic E-state index is 0.0440. The molecule has 1 aromatic carbocycles. The van der Waals surface area contributed by atoms with Gasteiger partial charge in [-0.25, -0.2) is 4.98 Å². The number of carbonyl (C=O) groups is 2. The van der Waals surface area contributed by atoms with Crippen molar-refractivity contribution in [3.8, 4) is 0 Å². The quantitative estimate of drug-likeness (QED) is 0.505. The van der Waals surface area contributed by atoms with Crippen LogP contribution in [0.2, 0.25) is 5.02 Å². The summed E-state index contributed by atoms with van der Waals surface area (Å²) in [6, 6.07) is 8.77. The molecule has 1 atom stereocenters. The van der Waals surface area contributed by atoms with Crippen LogP contribution in [0.3, 0.4) is 0 Å². The van der Waals surface area contributed by atoms with E-state index < -0.39 is 0 Å². The van der Waals surface area contributed by atoms with Crippen LogP contribution >= 0.6 is 11.6 Å². The zero-order chi connectivity index (χ0) is 22.7. The Bertz CT molecular complexity index is 1130. The highest BCUT2D eigenvalue weighted by molar-refractivity contribution is 6.30. The van der Waals surface area contributed by atoms with Crippen molar-refractivity contribution in [3.63, 3.8) is 0 Å². The number of hydrogen-bond donors (Lipinski definition) is 2. The molecule has 1 fully saturated rings. The van der Waals surface area contributed by atoms with Gasteiger partial charge in [-0.05, 0) is 31.2 Å². The molecule has 2 aromatic heterocycles. The lowest BCUT2D eigenvalue weighted by Crippen LogP contribution is -2.24. The van der Waals surface area contributed by atoms with Gasteiger partial charge in [0.05, 0.1) is 18.5 Å². The first kappa shape index (κ1) is 22.0. The molecule has 2 N–H and O–H groups in total. The van der Waals surface area contributed by atoms with Crippen LogP contribution in [0.4, 0.5) is 11.5 Å². The number of amides is 2. The van der Waals surface area contributed by atoms with E-state index in [2.05, 4.69) is 15.7 Å². The van der Waals surface area contributed by atoms with Crippen molar-refractivity contribution < 1.29 is 14.3 Å². The molecule has 2 amide bonds. The Kier molecular flexibility index (Phi) is 6.57. The Morgan fingerprint density at radius 2 is 2.09 bits per heavy atom. The van der Waals surface area contributed by atoms with E-state index in [1.165, 1.54) is 6.20 Å². The number of likely N-dealkylation sites (tertiary alicyclic amines) is 1. The van der Waals surface area contributed by atoms with Gasteiger partial charge in [0.2, 0.25) is 5.91 Å².